The molecule has 54 valence electrons. The number of nitrogens with zero attached hydrogens (tertiary/aromatic N) is 1. The molecule has 0 spiro atoms. The lowest BCUT2D eigenvalue weighted by atomic mass is 10.3. The van der Waals surface area contributed by atoms with Crippen LogP contribution in [0.2, 0.25) is 0 Å². The van der Waals surface area contributed by atoms with Gasteiger partial charge in [0.15, 0.2) is 0 Å². The standard InChI is InChI=1S/C6H7NO2S/c1-4(10-2)5(3-7)6(8)9/h1-2H3,(H,8,9). The number of carboxylic acids is 1. The number of rotatable bonds is 2. The maximum Gasteiger partial charge on any atom is 0.347 e. The number of aliphatic carboxylic acids is 1. The molecule has 0 fully saturated rings. The van der Waals surface area contributed by atoms with Crippen molar-refractivity contribution in [2.45, 2.75) is 6.92 Å². The summed E-state index contributed by atoms with van der Waals surface area (Å²) in [6, 6.07) is 1.61. The number of hydrogen-bond donors (Lipinski definition) is 1. The van der Waals surface area contributed by atoms with E-state index in [1.807, 2.05) is 0 Å². The van der Waals surface area contributed by atoms with Crippen LogP contribution < -0.4 is 0 Å². The Morgan fingerprint density at radius 2 is 2.20 bits per heavy atom. The summed E-state index contributed by atoms with van der Waals surface area (Å²) in [5, 5.41) is 16.7. The van der Waals surface area contributed by atoms with E-state index in [1.165, 1.54) is 11.8 Å². The fraction of sp³-hybridized carbons (Fsp3) is 0.333. The Labute approximate surface area is 63.3 Å². The molecule has 0 rings (SSSR count). The van der Waals surface area contributed by atoms with Crippen LogP contribution >= 0.6 is 11.8 Å². The lowest BCUT2D eigenvalue weighted by Gasteiger charge is -1.94. The van der Waals surface area contributed by atoms with Gasteiger partial charge in [-0.05, 0) is 13.2 Å². The van der Waals surface area contributed by atoms with Crippen LogP contribution in [0.25, 0.3) is 0 Å². The van der Waals surface area contributed by atoms with Crippen LogP contribution in [0.5, 0.6) is 0 Å². The number of nitriles is 1. The van der Waals surface area contributed by atoms with Crippen molar-refractivity contribution in [1.29, 1.82) is 5.26 Å². The molecule has 10 heavy (non-hydrogen) atoms. The monoisotopic (exact) mass is 157 g/mol. The van der Waals surface area contributed by atoms with Gasteiger partial charge in [0.25, 0.3) is 0 Å². The smallest absolute Gasteiger partial charge is 0.347 e. The maximum atomic E-state index is 10.2. The van der Waals surface area contributed by atoms with Gasteiger partial charge in [-0.1, -0.05) is 0 Å². The first-order chi connectivity index (χ1) is 4.63. The number of allylic oxidation sites excluding steroid dienone is 1. The first-order valence-electron chi connectivity index (χ1n) is 2.51. The van der Waals surface area contributed by atoms with Crippen LogP contribution in [-0.2, 0) is 4.79 Å². The molecule has 0 saturated heterocycles. The van der Waals surface area contributed by atoms with Gasteiger partial charge in [-0.25, -0.2) is 4.79 Å². The first-order valence-corrected chi connectivity index (χ1v) is 3.74. The molecule has 0 amide bonds. The summed E-state index contributed by atoms with van der Waals surface area (Å²) in [6.07, 6.45) is 1.73. The molecule has 0 atom stereocenters. The van der Waals surface area contributed by atoms with Crippen LogP contribution in [0.1, 0.15) is 6.92 Å². The van der Waals surface area contributed by atoms with E-state index in [9.17, 15) is 4.79 Å². The van der Waals surface area contributed by atoms with E-state index in [1.54, 1.807) is 19.2 Å². The van der Waals surface area contributed by atoms with E-state index in [4.69, 9.17) is 10.4 Å². The van der Waals surface area contributed by atoms with E-state index in [-0.39, 0.29) is 5.57 Å². The summed E-state index contributed by atoms with van der Waals surface area (Å²) in [6.45, 7) is 1.61. The van der Waals surface area contributed by atoms with E-state index < -0.39 is 5.97 Å². The first kappa shape index (κ1) is 9.05. The molecule has 4 heteroatoms. The van der Waals surface area contributed by atoms with Gasteiger partial charge in [0.2, 0.25) is 0 Å². The third-order valence-corrected chi connectivity index (χ3v) is 1.80. The van der Waals surface area contributed by atoms with Gasteiger partial charge in [0.05, 0.1) is 0 Å². The summed E-state index contributed by atoms with van der Waals surface area (Å²) in [5.74, 6) is -1.16. The minimum atomic E-state index is -1.16. The molecular formula is C6H7NO2S. The molecule has 3 nitrogen and oxygen atoms in total. The second-order valence-electron chi connectivity index (χ2n) is 1.55. The largest absolute Gasteiger partial charge is 0.477 e. The van der Waals surface area contributed by atoms with Crippen molar-refractivity contribution in [3.63, 3.8) is 0 Å². The normalized spacial score (nSPS) is 11.7. The predicted octanol–water partition coefficient (Wildman–Crippen LogP) is 1.23. The SMILES string of the molecule is CSC(C)=C(C#N)C(=O)O. The Bertz CT molecular complexity index is 214. The van der Waals surface area contributed by atoms with E-state index in [0.717, 1.165) is 0 Å². The van der Waals surface area contributed by atoms with Crippen LogP contribution in [0.15, 0.2) is 10.5 Å². The van der Waals surface area contributed by atoms with Gasteiger partial charge in [-0.15, -0.1) is 11.8 Å². The van der Waals surface area contributed by atoms with Crippen LogP contribution in [0.4, 0.5) is 0 Å². The predicted molar refractivity (Wildman–Crippen MR) is 39.5 cm³/mol. The molecular weight excluding hydrogens is 150 g/mol. The number of thioether (sulfide) groups is 1. The summed E-state index contributed by atoms with van der Waals surface area (Å²) in [4.78, 5) is 10.8. The summed E-state index contributed by atoms with van der Waals surface area (Å²) in [5.41, 5.74) is -0.174. The highest BCUT2D eigenvalue weighted by Crippen LogP contribution is 2.14. The zero-order valence-electron chi connectivity index (χ0n) is 5.71. The molecule has 0 unspecified atom stereocenters. The van der Waals surface area contributed by atoms with Crippen molar-refractivity contribution in [3.8, 4) is 6.07 Å². The number of carboxylic acid groups (broad SMARTS) is 1. The lowest BCUT2D eigenvalue weighted by Crippen LogP contribution is -1.99. The molecule has 0 bridgehead atoms. The zero-order chi connectivity index (χ0) is 8.15. The summed E-state index contributed by atoms with van der Waals surface area (Å²) < 4.78 is 0. The molecule has 0 aliphatic rings. The van der Waals surface area contributed by atoms with Crippen molar-refractivity contribution >= 4 is 17.7 Å². The van der Waals surface area contributed by atoms with Gasteiger partial charge in [0.1, 0.15) is 11.6 Å². The van der Waals surface area contributed by atoms with E-state index in [0.29, 0.717) is 4.91 Å². The van der Waals surface area contributed by atoms with Crippen LogP contribution in [0, 0.1) is 11.3 Å². The van der Waals surface area contributed by atoms with E-state index >= 15 is 0 Å². The second kappa shape index (κ2) is 3.96. The van der Waals surface area contributed by atoms with Crippen LogP contribution in [-0.4, -0.2) is 17.3 Å². The molecule has 1 N–H and O–H groups in total. The molecule has 0 aromatic carbocycles. The highest BCUT2D eigenvalue weighted by atomic mass is 32.2. The summed E-state index contributed by atoms with van der Waals surface area (Å²) >= 11 is 1.26. The molecule has 0 saturated carbocycles. The molecule has 0 aromatic heterocycles. The van der Waals surface area contributed by atoms with E-state index in [2.05, 4.69) is 0 Å². The van der Waals surface area contributed by atoms with Crippen molar-refractivity contribution < 1.29 is 9.90 Å². The third-order valence-electron chi connectivity index (χ3n) is 0.984. The quantitative estimate of drug-likeness (QED) is 0.483. The number of hydrogen-bond acceptors (Lipinski definition) is 3. The molecule has 0 aliphatic heterocycles. The average Bonchev–Trinajstić information content (AvgIpc) is 1.88. The van der Waals surface area contributed by atoms with Gasteiger partial charge in [-0.2, -0.15) is 5.26 Å². The lowest BCUT2D eigenvalue weighted by molar-refractivity contribution is -0.132. The van der Waals surface area contributed by atoms with Crippen molar-refractivity contribution in [2.24, 2.45) is 0 Å². The number of carbonyl (C=O) groups is 1. The Morgan fingerprint density at radius 1 is 1.70 bits per heavy atom. The topological polar surface area (TPSA) is 61.1 Å². The minimum Gasteiger partial charge on any atom is -0.477 e. The average molecular weight is 157 g/mol. The van der Waals surface area contributed by atoms with Gasteiger partial charge in [0, 0.05) is 4.91 Å². The highest BCUT2D eigenvalue weighted by molar-refractivity contribution is 8.02. The third kappa shape index (κ3) is 2.11. The van der Waals surface area contributed by atoms with Crippen molar-refractivity contribution in [1.82, 2.24) is 0 Å². The summed E-state index contributed by atoms with van der Waals surface area (Å²) in [7, 11) is 0. The molecule has 0 heterocycles. The highest BCUT2D eigenvalue weighted by Gasteiger charge is 2.08. The Kier molecular flexibility index (Phi) is 3.59. The van der Waals surface area contributed by atoms with Crippen molar-refractivity contribution in [3.05, 3.63) is 10.5 Å². The molecule has 0 aromatic rings. The molecule has 0 radical (unpaired) electrons. The van der Waals surface area contributed by atoms with Crippen molar-refractivity contribution in [2.75, 3.05) is 6.26 Å². The minimum absolute atomic E-state index is 0.174. The fourth-order valence-electron chi connectivity index (χ4n) is 0.379. The van der Waals surface area contributed by atoms with Gasteiger partial charge in [-0.3, -0.25) is 0 Å². The van der Waals surface area contributed by atoms with Gasteiger partial charge >= 0.3 is 5.97 Å². The Hall–Kier alpha value is -0.950. The van der Waals surface area contributed by atoms with Gasteiger partial charge < -0.3 is 5.11 Å². The Morgan fingerprint density at radius 3 is 2.30 bits per heavy atom. The fourth-order valence-corrected chi connectivity index (χ4v) is 0.716. The zero-order valence-corrected chi connectivity index (χ0v) is 6.53. The second-order valence-corrected chi connectivity index (χ2v) is 2.57. The maximum absolute atomic E-state index is 10.2. The Balaban J connectivity index is 4.68. The molecule has 0 aliphatic carbocycles. The van der Waals surface area contributed by atoms with Crippen LogP contribution in [0.3, 0.4) is 0 Å².